The molecule has 3 heteroatoms. The van der Waals surface area contributed by atoms with Crippen LogP contribution in [0.3, 0.4) is 0 Å². The van der Waals surface area contributed by atoms with Gasteiger partial charge in [-0.05, 0) is 25.0 Å². The van der Waals surface area contributed by atoms with Gasteiger partial charge in [0.15, 0.2) is 0 Å². The second-order valence-corrected chi connectivity index (χ2v) is 4.51. The lowest BCUT2D eigenvalue weighted by Crippen LogP contribution is -2.21. The highest BCUT2D eigenvalue weighted by molar-refractivity contribution is 5.86. The number of hydrogen-bond acceptors (Lipinski definition) is 2. The van der Waals surface area contributed by atoms with Gasteiger partial charge in [-0.3, -0.25) is 0 Å². The molecule has 0 saturated carbocycles. The predicted octanol–water partition coefficient (Wildman–Crippen LogP) is 2.32. The van der Waals surface area contributed by atoms with Crippen molar-refractivity contribution in [2.75, 3.05) is 6.54 Å². The van der Waals surface area contributed by atoms with Gasteiger partial charge in [0, 0.05) is 35.7 Å². The molecule has 0 fully saturated rings. The van der Waals surface area contributed by atoms with Crippen molar-refractivity contribution in [3.63, 3.8) is 0 Å². The first kappa shape index (κ1) is 12.1. The fraction of sp³-hybridized carbons (Fsp3) is 0.429. The van der Waals surface area contributed by atoms with E-state index in [0.717, 1.165) is 13.0 Å². The number of benzene rings is 1. The fourth-order valence-electron chi connectivity index (χ4n) is 2.56. The smallest absolute Gasteiger partial charge is 0.0485 e. The number of fused-ring (bicyclic) bond motifs is 1. The number of hydrogen-bond donors (Lipinski definition) is 2. The van der Waals surface area contributed by atoms with Crippen LogP contribution in [-0.4, -0.2) is 11.1 Å². The minimum Gasteiger partial charge on any atom is -0.345 e. The molecule has 0 bridgehead atoms. The lowest BCUT2D eigenvalue weighted by atomic mass is 10.0. The van der Waals surface area contributed by atoms with Gasteiger partial charge in [0.05, 0.1) is 0 Å². The van der Waals surface area contributed by atoms with Crippen molar-refractivity contribution in [3.05, 3.63) is 35.5 Å². The minimum absolute atomic E-state index is 0.0713. The third-order valence-corrected chi connectivity index (χ3v) is 3.35. The molecule has 92 valence electrons. The normalized spacial score (nSPS) is 13.2. The van der Waals surface area contributed by atoms with Crippen molar-refractivity contribution >= 4 is 10.9 Å². The first-order chi connectivity index (χ1) is 8.20. The van der Waals surface area contributed by atoms with Crippen LogP contribution in [-0.2, 0) is 6.54 Å². The molecule has 1 unspecified atom stereocenters. The second kappa shape index (κ2) is 4.90. The van der Waals surface area contributed by atoms with E-state index in [2.05, 4.69) is 42.7 Å². The minimum atomic E-state index is -0.0713. The summed E-state index contributed by atoms with van der Waals surface area (Å²) in [6.45, 7) is 5.85. The molecule has 2 aromatic rings. The number of nitrogens with zero attached hydrogens (tertiary/aromatic N) is 1. The van der Waals surface area contributed by atoms with Crippen LogP contribution < -0.4 is 11.5 Å². The van der Waals surface area contributed by atoms with Gasteiger partial charge in [0.1, 0.15) is 0 Å². The van der Waals surface area contributed by atoms with Crippen LogP contribution in [0.15, 0.2) is 24.3 Å². The maximum atomic E-state index is 6.13. The SMILES string of the molecule is CCCn1c(C)c(C(N)CN)c2ccccc21. The van der Waals surface area contributed by atoms with Crippen LogP contribution in [0.25, 0.3) is 10.9 Å². The predicted molar refractivity (Wildman–Crippen MR) is 72.9 cm³/mol. The molecule has 1 aromatic carbocycles. The highest BCUT2D eigenvalue weighted by Crippen LogP contribution is 2.29. The standard InChI is InChI=1S/C14H21N3/c1-3-8-17-10(2)14(12(16)9-15)11-6-4-5-7-13(11)17/h4-7,12H,3,8-9,15-16H2,1-2H3. The Bertz CT molecular complexity index is 513. The number of rotatable bonds is 4. The quantitative estimate of drug-likeness (QED) is 0.848. The van der Waals surface area contributed by atoms with Crippen LogP contribution >= 0.6 is 0 Å². The van der Waals surface area contributed by atoms with Gasteiger partial charge >= 0.3 is 0 Å². The molecule has 0 aliphatic rings. The lowest BCUT2D eigenvalue weighted by Gasteiger charge is -2.10. The van der Waals surface area contributed by atoms with Crippen molar-refractivity contribution in [1.29, 1.82) is 0 Å². The van der Waals surface area contributed by atoms with Gasteiger partial charge in [-0.25, -0.2) is 0 Å². The summed E-state index contributed by atoms with van der Waals surface area (Å²) in [5, 5.41) is 1.25. The Kier molecular flexibility index (Phi) is 3.50. The van der Waals surface area contributed by atoms with E-state index in [-0.39, 0.29) is 6.04 Å². The van der Waals surface area contributed by atoms with E-state index in [9.17, 15) is 0 Å². The van der Waals surface area contributed by atoms with Crippen molar-refractivity contribution in [2.45, 2.75) is 32.9 Å². The molecular formula is C14H21N3. The van der Waals surface area contributed by atoms with Gasteiger partial charge in [-0.15, -0.1) is 0 Å². The van der Waals surface area contributed by atoms with Crippen molar-refractivity contribution < 1.29 is 0 Å². The van der Waals surface area contributed by atoms with Crippen LogP contribution in [0.2, 0.25) is 0 Å². The average Bonchev–Trinajstić information content (AvgIpc) is 2.63. The number of aromatic nitrogens is 1. The Hall–Kier alpha value is -1.32. The topological polar surface area (TPSA) is 57.0 Å². The van der Waals surface area contributed by atoms with Gasteiger partial charge in [-0.1, -0.05) is 25.1 Å². The molecule has 1 atom stereocenters. The monoisotopic (exact) mass is 231 g/mol. The Labute approximate surface area is 102 Å². The molecule has 0 saturated heterocycles. The van der Waals surface area contributed by atoms with Crippen LogP contribution in [0, 0.1) is 6.92 Å². The Morgan fingerprint density at radius 2 is 2.00 bits per heavy atom. The van der Waals surface area contributed by atoms with E-state index in [4.69, 9.17) is 11.5 Å². The highest BCUT2D eigenvalue weighted by Gasteiger charge is 2.17. The average molecular weight is 231 g/mol. The summed E-state index contributed by atoms with van der Waals surface area (Å²) in [6, 6.07) is 8.36. The zero-order valence-corrected chi connectivity index (χ0v) is 10.6. The molecule has 0 aliphatic carbocycles. The van der Waals surface area contributed by atoms with Gasteiger partial charge < -0.3 is 16.0 Å². The molecule has 0 amide bonds. The summed E-state index contributed by atoms with van der Waals surface area (Å²) in [5.41, 5.74) is 15.6. The molecule has 1 aromatic heterocycles. The van der Waals surface area contributed by atoms with Gasteiger partial charge in [0.2, 0.25) is 0 Å². The molecule has 17 heavy (non-hydrogen) atoms. The molecule has 2 rings (SSSR count). The fourth-order valence-corrected chi connectivity index (χ4v) is 2.56. The van der Waals surface area contributed by atoms with Crippen molar-refractivity contribution in [2.24, 2.45) is 11.5 Å². The van der Waals surface area contributed by atoms with Gasteiger partial charge in [-0.2, -0.15) is 0 Å². The van der Waals surface area contributed by atoms with Crippen LogP contribution in [0.4, 0.5) is 0 Å². The number of para-hydroxylation sites is 1. The summed E-state index contributed by atoms with van der Waals surface area (Å²) >= 11 is 0. The van der Waals surface area contributed by atoms with E-state index >= 15 is 0 Å². The third kappa shape index (κ3) is 1.96. The first-order valence-electron chi connectivity index (χ1n) is 6.24. The van der Waals surface area contributed by atoms with E-state index in [1.165, 1.54) is 22.2 Å². The van der Waals surface area contributed by atoms with Crippen LogP contribution in [0.1, 0.15) is 30.6 Å². The maximum Gasteiger partial charge on any atom is 0.0485 e. The molecular weight excluding hydrogens is 210 g/mol. The first-order valence-corrected chi connectivity index (χ1v) is 6.24. The third-order valence-electron chi connectivity index (χ3n) is 3.35. The Morgan fingerprint density at radius 1 is 1.29 bits per heavy atom. The van der Waals surface area contributed by atoms with E-state index in [1.54, 1.807) is 0 Å². The van der Waals surface area contributed by atoms with E-state index in [0.29, 0.717) is 6.54 Å². The van der Waals surface area contributed by atoms with Crippen molar-refractivity contribution in [1.82, 2.24) is 4.57 Å². The second-order valence-electron chi connectivity index (χ2n) is 4.51. The Balaban J connectivity index is 2.70. The number of nitrogens with two attached hydrogens (primary N) is 2. The largest absolute Gasteiger partial charge is 0.345 e. The lowest BCUT2D eigenvalue weighted by molar-refractivity contribution is 0.667. The highest BCUT2D eigenvalue weighted by atomic mass is 15.0. The summed E-state index contributed by atoms with van der Waals surface area (Å²) in [4.78, 5) is 0. The van der Waals surface area contributed by atoms with Crippen molar-refractivity contribution in [3.8, 4) is 0 Å². The molecule has 0 spiro atoms. The van der Waals surface area contributed by atoms with Crippen LogP contribution in [0.5, 0.6) is 0 Å². The zero-order chi connectivity index (χ0) is 12.4. The summed E-state index contributed by atoms with van der Waals surface area (Å²) in [7, 11) is 0. The molecule has 3 nitrogen and oxygen atoms in total. The summed E-state index contributed by atoms with van der Waals surface area (Å²) in [5.74, 6) is 0. The maximum absolute atomic E-state index is 6.13. The summed E-state index contributed by atoms with van der Waals surface area (Å²) < 4.78 is 2.35. The Morgan fingerprint density at radius 3 is 2.65 bits per heavy atom. The van der Waals surface area contributed by atoms with E-state index in [1.807, 2.05) is 0 Å². The number of aryl methyl sites for hydroxylation is 1. The molecule has 4 N–H and O–H groups in total. The molecule has 1 heterocycles. The van der Waals surface area contributed by atoms with Gasteiger partial charge in [0.25, 0.3) is 0 Å². The zero-order valence-electron chi connectivity index (χ0n) is 10.6. The molecule has 0 aliphatic heterocycles. The molecule has 0 radical (unpaired) electrons. The summed E-state index contributed by atoms with van der Waals surface area (Å²) in [6.07, 6.45) is 1.12. The van der Waals surface area contributed by atoms with E-state index < -0.39 is 0 Å².